The van der Waals surface area contributed by atoms with Crippen molar-refractivity contribution in [1.29, 1.82) is 0 Å². The molecule has 3 heterocycles. The van der Waals surface area contributed by atoms with E-state index in [9.17, 15) is 13.6 Å². The normalized spacial score (nSPS) is 13.3. The van der Waals surface area contributed by atoms with E-state index in [-0.39, 0.29) is 24.6 Å². The van der Waals surface area contributed by atoms with Crippen LogP contribution in [-0.4, -0.2) is 25.6 Å². The Hall–Kier alpha value is -3.13. The Morgan fingerprint density at radius 3 is 2.67 bits per heavy atom. The molecular formula is C22H15BrF2N4O. The molecule has 0 unspecified atom stereocenters. The molecular weight excluding hydrogens is 454 g/mol. The van der Waals surface area contributed by atoms with Gasteiger partial charge in [0.15, 0.2) is 0 Å². The van der Waals surface area contributed by atoms with E-state index >= 15 is 0 Å². The summed E-state index contributed by atoms with van der Waals surface area (Å²) in [5, 5.41) is 5.15. The number of amides is 1. The first-order valence-corrected chi connectivity index (χ1v) is 10.0. The molecule has 150 valence electrons. The molecule has 0 N–H and O–H groups in total. The molecule has 0 saturated heterocycles. The highest BCUT2D eigenvalue weighted by molar-refractivity contribution is 9.10. The minimum atomic E-state index is -0.691. The number of hydrogen-bond donors (Lipinski definition) is 0. The van der Waals surface area contributed by atoms with Gasteiger partial charge in [0.05, 0.1) is 29.9 Å². The van der Waals surface area contributed by atoms with Crippen LogP contribution in [0.5, 0.6) is 0 Å². The number of rotatable bonds is 3. The number of benzene rings is 2. The molecule has 2 aromatic carbocycles. The van der Waals surface area contributed by atoms with Crippen LogP contribution in [0.4, 0.5) is 8.78 Å². The fourth-order valence-electron chi connectivity index (χ4n) is 3.84. The van der Waals surface area contributed by atoms with E-state index < -0.39 is 11.6 Å². The number of nitrogens with zero attached hydrogens (tertiary/aromatic N) is 4. The molecule has 0 spiro atoms. The number of fused-ring (bicyclic) bond motifs is 2. The molecule has 0 aliphatic carbocycles. The van der Waals surface area contributed by atoms with E-state index in [1.165, 1.54) is 17.0 Å². The van der Waals surface area contributed by atoms with Gasteiger partial charge in [-0.1, -0.05) is 12.1 Å². The SMILES string of the molecule is Cn1cc2c(-c3cc(F)c(CN4Cc5ncc(Br)cc5C4=O)c(F)c3)cccc2n1. The monoisotopic (exact) mass is 468 g/mol. The Morgan fingerprint density at radius 1 is 1.13 bits per heavy atom. The molecule has 30 heavy (non-hydrogen) atoms. The van der Waals surface area contributed by atoms with Gasteiger partial charge in [-0.25, -0.2) is 8.78 Å². The van der Waals surface area contributed by atoms with Gasteiger partial charge in [0, 0.05) is 34.9 Å². The Labute approximate surface area is 179 Å². The molecule has 1 aliphatic heterocycles. The summed E-state index contributed by atoms with van der Waals surface area (Å²) >= 11 is 3.29. The van der Waals surface area contributed by atoms with Crippen LogP contribution in [0.3, 0.4) is 0 Å². The summed E-state index contributed by atoms with van der Waals surface area (Å²) in [7, 11) is 1.80. The van der Waals surface area contributed by atoms with Gasteiger partial charge in [-0.15, -0.1) is 0 Å². The number of carbonyl (C=O) groups is 1. The largest absolute Gasteiger partial charge is 0.328 e. The van der Waals surface area contributed by atoms with Gasteiger partial charge in [-0.3, -0.25) is 14.5 Å². The van der Waals surface area contributed by atoms with Gasteiger partial charge in [0.1, 0.15) is 11.6 Å². The Balaban J connectivity index is 1.49. The average Bonchev–Trinajstić information content (AvgIpc) is 3.23. The van der Waals surface area contributed by atoms with Crippen LogP contribution in [0.2, 0.25) is 0 Å². The van der Waals surface area contributed by atoms with Gasteiger partial charge >= 0.3 is 0 Å². The lowest BCUT2D eigenvalue weighted by molar-refractivity contribution is 0.0763. The molecule has 1 aliphatic rings. The van der Waals surface area contributed by atoms with Crippen LogP contribution in [0.1, 0.15) is 21.6 Å². The second-order valence-corrected chi connectivity index (χ2v) is 8.18. The molecule has 1 amide bonds. The first-order chi connectivity index (χ1) is 14.4. The van der Waals surface area contributed by atoms with Crippen LogP contribution in [-0.2, 0) is 20.1 Å². The van der Waals surface area contributed by atoms with Crippen molar-refractivity contribution in [2.75, 3.05) is 0 Å². The summed E-state index contributed by atoms with van der Waals surface area (Å²) in [6.07, 6.45) is 3.42. The zero-order chi connectivity index (χ0) is 21.0. The van der Waals surface area contributed by atoms with Gasteiger partial charge < -0.3 is 4.90 Å². The van der Waals surface area contributed by atoms with E-state index in [2.05, 4.69) is 26.0 Å². The maximum atomic E-state index is 15.0. The number of hydrogen-bond acceptors (Lipinski definition) is 3. The quantitative estimate of drug-likeness (QED) is 0.432. The highest BCUT2D eigenvalue weighted by Crippen LogP contribution is 2.32. The first-order valence-electron chi connectivity index (χ1n) is 9.25. The third kappa shape index (κ3) is 3.08. The van der Waals surface area contributed by atoms with Crippen molar-refractivity contribution in [3.63, 3.8) is 0 Å². The summed E-state index contributed by atoms with van der Waals surface area (Å²) in [4.78, 5) is 18.2. The zero-order valence-electron chi connectivity index (χ0n) is 15.9. The first kappa shape index (κ1) is 18.9. The van der Waals surface area contributed by atoms with Crippen molar-refractivity contribution < 1.29 is 13.6 Å². The molecule has 2 aromatic heterocycles. The Morgan fingerprint density at radius 2 is 1.90 bits per heavy atom. The van der Waals surface area contributed by atoms with E-state index in [0.29, 0.717) is 26.9 Å². The van der Waals surface area contributed by atoms with Crippen LogP contribution in [0.25, 0.3) is 22.0 Å². The molecule has 8 heteroatoms. The average molecular weight is 469 g/mol. The number of pyridine rings is 1. The van der Waals surface area contributed by atoms with E-state index in [4.69, 9.17) is 0 Å². The van der Waals surface area contributed by atoms with Crippen molar-refractivity contribution in [2.24, 2.45) is 7.05 Å². The topological polar surface area (TPSA) is 51.0 Å². The summed E-state index contributed by atoms with van der Waals surface area (Å²) < 4.78 is 32.3. The molecule has 5 rings (SSSR count). The fraction of sp³-hybridized carbons (Fsp3) is 0.136. The standard InChI is InChI=1S/C22H15BrF2N4O/c1-28-9-16-14(3-2-4-20(16)27-28)12-5-18(24)17(19(25)6-12)10-29-11-21-15(22(29)30)7-13(23)8-26-21/h2-9H,10-11H2,1H3. The van der Waals surface area contributed by atoms with E-state index in [1.54, 1.807) is 30.1 Å². The molecule has 0 fully saturated rings. The minimum absolute atomic E-state index is 0.141. The van der Waals surface area contributed by atoms with Gasteiger partial charge in [-0.2, -0.15) is 5.10 Å². The Bertz CT molecular complexity index is 1310. The highest BCUT2D eigenvalue weighted by Gasteiger charge is 2.30. The lowest BCUT2D eigenvalue weighted by Gasteiger charge is -2.17. The van der Waals surface area contributed by atoms with E-state index in [1.807, 2.05) is 18.3 Å². The number of aryl methyl sites for hydroxylation is 1. The molecule has 5 nitrogen and oxygen atoms in total. The third-order valence-electron chi connectivity index (χ3n) is 5.26. The van der Waals surface area contributed by atoms with Crippen LogP contribution in [0.15, 0.2) is 53.3 Å². The lowest BCUT2D eigenvalue weighted by atomic mass is 9.99. The summed E-state index contributed by atoms with van der Waals surface area (Å²) in [6, 6.07) is 9.76. The third-order valence-corrected chi connectivity index (χ3v) is 5.69. The van der Waals surface area contributed by atoms with Crippen LogP contribution >= 0.6 is 15.9 Å². The highest BCUT2D eigenvalue weighted by atomic mass is 79.9. The fourth-order valence-corrected chi connectivity index (χ4v) is 4.17. The van der Waals surface area contributed by atoms with E-state index in [0.717, 1.165) is 10.9 Å². The van der Waals surface area contributed by atoms with Gasteiger partial charge in [-0.05, 0) is 51.3 Å². The number of aromatic nitrogens is 3. The minimum Gasteiger partial charge on any atom is -0.328 e. The Kier molecular flexibility index (Phi) is 4.39. The van der Waals surface area contributed by atoms with Crippen LogP contribution < -0.4 is 0 Å². The smallest absolute Gasteiger partial charge is 0.256 e. The molecule has 0 saturated carbocycles. The molecule has 4 aromatic rings. The van der Waals surface area contributed by atoms with Crippen molar-refractivity contribution in [3.05, 3.63) is 81.7 Å². The van der Waals surface area contributed by atoms with Crippen molar-refractivity contribution in [1.82, 2.24) is 19.7 Å². The number of halogens is 3. The zero-order valence-corrected chi connectivity index (χ0v) is 17.5. The second-order valence-electron chi connectivity index (χ2n) is 7.27. The summed E-state index contributed by atoms with van der Waals surface area (Å²) in [5.74, 6) is -1.67. The molecule has 0 radical (unpaired) electrons. The predicted molar refractivity (Wildman–Crippen MR) is 112 cm³/mol. The molecule has 0 bridgehead atoms. The maximum absolute atomic E-state index is 15.0. The van der Waals surface area contributed by atoms with Crippen LogP contribution in [0, 0.1) is 11.6 Å². The van der Waals surface area contributed by atoms with Gasteiger partial charge in [0.2, 0.25) is 0 Å². The number of carbonyl (C=O) groups excluding carboxylic acids is 1. The summed E-state index contributed by atoms with van der Waals surface area (Å²) in [6.45, 7) is 0.0545. The predicted octanol–water partition coefficient (Wildman–Crippen LogP) is 4.83. The maximum Gasteiger partial charge on any atom is 0.256 e. The van der Waals surface area contributed by atoms with Gasteiger partial charge in [0.25, 0.3) is 5.91 Å². The van der Waals surface area contributed by atoms with Crippen molar-refractivity contribution >= 4 is 32.7 Å². The molecule has 0 atom stereocenters. The lowest BCUT2D eigenvalue weighted by Crippen LogP contribution is -2.24. The summed E-state index contributed by atoms with van der Waals surface area (Å²) in [5.41, 5.74) is 2.78. The second kappa shape index (κ2) is 6.98. The van der Waals surface area contributed by atoms with Crippen molar-refractivity contribution in [3.8, 4) is 11.1 Å². The van der Waals surface area contributed by atoms with Crippen molar-refractivity contribution in [2.45, 2.75) is 13.1 Å².